The standard InChI is InChI=1S/C18H24N6OS/c1-10(2)8-24-16-12(15(23-24)14-7-19-9-20-14)5-4-6-13-17(16)26-18(22-13)21-11(3)25/h7,9-10,13,17H,4-6,8H2,1-3H3,(H,19,20)(H,21,22,25). The number of aromatic amines is 1. The molecule has 2 N–H and O–H groups in total. The topological polar surface area (TPSA) is 88.0 Å². The zero-order valence-electron chi connectivity index (χ0n) is 15.3. The largest absolute Gasteiger partial charge is 0.343 e. The summed E-state index contributed by atoms with van der Waals surface area (Å²) in [6.07, 6.45) is 6.64. The molecule has 1 aliphatic carbocycles. The molecule has 8 heteroatoms. The molecule has 2 aromatic heterocycles. The van der Waals surface area contributed by atoms with Crippen molar-refractivity contribution in [3.05, 3.63) is 23.8 Å². The van der Waals surface area contributed by atoms with Crippen LogP contribution >= 0.6 is 11.8 Å². The zero-order chi connectivity index (χ0) is 18.3. The number of rotatable bonds is 3. The van der Waals surface area contributed by atoms with Gasteiger partial charge in [0.2, 0.25) is 5.91 Å². The minimum absolute atomic E-state index is 0.0678. The molecule has 26 heavy (non-hydrogen) atoms. The summed E-state index contributed by atoms with van der Waals surface area (Å²) in [7, 11) is 0. The normalized spacial score (nSPS) is 21.9. The second-order valence-electron chi connectivity index (χ2n) is 7.37. The van der Waals surface area contributed by atoms with Gasteiger partial charge in [-0.05, 0) is 25.2 Å². The fourth-order valence-corrected chi connectivity index (χ4v) is 5.13. The molecule has 2 unspecified atom stereocenters. The first-order valence-corrected chi connectivity index (χ1v) is 10.0. The fraction of sp³-hybridized carbons (Fsp3) is 0.556. The molecule has 0 spiro atoms. The van der Waals surface area contributed by atoms with Crippen LogP contribution in [0.1, 0.15) is 50.1 Å². The number of aliphatic imine (C=N–C) groups is 1. The van der Waals surface area contributed by atoms with Gasteiger partial charge in [0, 0.05) is 19.0 Å². The minimum atomic E-state index is -0.0678. The van der Waals surface area contributed by atoms with Crippen LogP contribution in [0.2, 0.25) is 0 Å². The number of imidazole rings is 1. The summed E-state index contributed by atoms with van der Waals surface area (Å²) < 4.78 is 2.17. The first kappa shape index (κ1) is 17.3. The van der Waals surface area contributed by atoms with Crippen molar-refractivity contribution < 1.29 is 4.79 Å². The van der Waals surface area contributed by atoms with E-state index in [-0.39, 0.29) is 17.2 Å². The van der Waals surface area contributed by atoms with Gasteiger partial charge < -0.3 is 10.3 Å². The molecule has 3 heterocycles. The van der Waals surface area contributed by atoms with Gasteiger partial charge in [-0.2, -0.15) is 5.10 Å². The average molecular weight is 372 g/mol. The van der Waals surface area contributed by atoms with Crippen LogP contribution < -0.4 is 5.32 Å². The van der Waals surface area contributed by atoms with Crippen molar-refractivity contribution in [2.45, 2.75) is 57.9 Å². The average Bonchev–Trinajstić information content (AvgIpc) is 3.24. The van der Waals surface area contributed by atoms with Crippen molar-refractivity contribution in [1.29, 1.82) is 0 Å². The van der Waals surface area contributed by atoms with E-state index in [4.69, 9.17) is 10.1 Å². The Bertz CT molecular complexity index is 838. The van der Waals surface area contributed by atoms with E-state index in [1.165, 1.54) is 18.2 Å². The van der Waals surface area contributed by atoms with Gasteiger partial charge in [0.25, 0.3) is 0 Å². The molecule has 1 aliphatic heterocycles. The highest BCUT2D eigenvalue weighted by atomic mass is 32.2. The molecule has 0 bridgehead atoms. The van der Waals surface area contributed by atoms with Crippen LogP contribution in [0.5, 0.6) is 0 Å². The maximum absolute atomic E-state index is 11.5. The van der Waals surface area contributed by atoms with Crippen LogP contribution in [-0.4, -0.2) is 36.9 Å². The van der Waals surface area contributed by atoms with Crippen LogP contribution in [0.3, 0.4) is 0 Å². The molecule has 1 amide bonds. The second kappa shape index (κ2) is 6.90. The predicted octanol–water partition coefficient (Wildman–Crippen LogP) is 2.91. The molecule has 0 aromatic carbocycles. The SMILES string of the molecule is CC(=O)NC1=NC2CCCc3c(-c4cnc[nH]4)nn(CC(C)C)c3C2S1. The third-order valence-electron chi connectivity index (χ3n) is 4.74. The van der Waals surface area contributed by atoms with Gasteiger partial charge in [0.1, 0.15) is 5.69 Å². The lowest BCUT2D eigenvalue weighted by Gasteiger charge is -2.18. The summed E-state index contributed by atoms with van der Waals surface area (Å²) in [6, 6.07) is 0.195. The molecule has 7 nitrogen and oxygen atoms in total. The molecule has 138 valence electrons. The molecule has 0 radical (unpaired) electrons. The Morgan fingerprint density at radius 2 is 2.35 bits per heavy atom. The summed E-state index contributed by atoms with van der Waals surface area (Å²) in [4.78, 5) is 23.6. The van der Waals surface area contributed by atoms with Crippen molar-refractivity contribution in [3.63, 3.8) is 0 Å². The monoisotopic (exact) mass is 372 g/mol. The first-order valence-electron chi connectivity index (χ1n) is 9.13. The molecule has 0 saturated heterocycles. The zero-order valence-corrected chi connectivity index (χ0v) is 16.1. The molecule has 0 fully saturated rings. The third-order valence-corrected chi connectivity index (χ3v) is 5.96. The summed E-state index contributed by atoms with van der Waals surface area (Å²) >= 11 is 1.66. The van der Waals surface area contributed by atoms with Crippen molar-refractivity contribution in [1.82, 2.24) is 25.1 Å². The Morgan fingerprint density at radius 3 is 3.04 bits per heavy atom. The lowest BCUT2D eigenvalue weighted by molar-refractivity contribution is -0.117. The van der Waals surface area contributed by atoms with E-state index in [2.05, 4.69) is 33.8 Å². The van der Waals surface area contributed by atoms with Crippen molar-refractivity contribution in [3.8, 4) is 11.4 Å². The van der Waals surface area contributed by atoms with E-state index in [0.29, 0.717) is 5.92 Å². The Kier molecular flexibility index (Phi) is 4.60. The van der Waals surface area contributed by atoms with Crippen LogP contribution in [0.4, 0.5) is 0 Å². The van der Waals surface area contributed by atoms with Crippen LogP contribution in [0.15, 0.2) is 17.5 Å². The van der Waals surface area contributed by atoms with Gasteiger partial charge in [-0.25, -0.2) is 4.98 Å². The van der Waals surface area contributed by atoms with E-state index < -0.39 is 0 Å². The number of carbonyl (C=O) groups excluding carboxylic acids is 1. The van der Waals surface area contributed by atoms with Crippen LogP contribution in [0.25, 0.3) is 11.4 Å². The van der Waals surface area contributed by atoms with Gasteiger partial charge in [-0.1, -0.05) is 25.6 Å². The van der Waals surface area contributed by atoms with Gasteiger partial charge >= 0.3 is 0 Å². The van der Waals surface area contributed by atoms with Crippen molar-refractivity contribution >= 4 is 22.8 Å². The number of amides is 1. The molecular formula is C18H24N6OS. The van der Waals surface area contributed by atoms with Crippen molar-refractivity contribution in [2.24, 2.45) is 10.9 Å². The maximum atomic E-state index is 11.5. The molecular weight excluding hydrogens is 348 g/mol. The Balaban J connectivity index is 1.77. The second-order valence-corrected chi connectivity index (χ2v) is 8.50. The number of amidine groups is 1. The highest BCUT2D eigenvalue weighted by molar-refractivity contribution is 8.14. The number of aromatic nitrogens is 4. The maximum Gasteiger partial charge on any atom is 0.222 e. The van der Waals surface area contributed by atoms with Crippen LogP contribution in [0, 0.1) is 5.92 Å². The fourth-order valence-electron chi connectivity index (χ4n) is 3.77. The summed E-state index contributed by atoms with van der Waals surface area (Å²) in [5, 5.41) is 8.77. The number of nitrogens with zero attached hydrogens (tertiary/aromatic N) is 4. The number of fused-ring (bicyclic) bond motifs is 3. The lowest BCUT2D eigenvalue weighted by Crippen LogP contribution is -2.24. The highest BCUT2D eigenvalue weighted by Gasteiger charge is 2.39. The van der Waals surface area contributed by atoms with Crippen molar-refractivity contribution in [2.75, 3.05) is 0 Å². The first-order chi connectivity index (χ1) is 12.5. The van der Waals surface area contributed by atoms with E-state index in [1.54, 1.807) is 18.1 Å². The third kappa shape index (κ3) is 3.18. The minimum Gasteiger partial charge on any atom is -0.343 e. The van der Waals surface area contributed by atoms with Gasteiger partial charge in [0.05, 0.1) is 35.2 Å². The predicted molar refractivity (Wildman–Crippen MR) is 103 cm³/mol. The molecule has 2 aromatic rings. The quantitative estimate of drug-likeness (QED) is 0.867. The number of nitrogens with one attached hydrogen (secondary N) is 2. The number of H-pyrrole nitrogens is 1. The highest BCUT2D eigenvalue weighted by Crippen LogP contribution is 2.47. The van der Waals surface area contributed by atoms with Gasteiger partial charge in [-0.15, -0.1) is 0 Å². The summed E-state index contributed by atoms with van der Waals surface area (Å²) in [5.74, 6) is 0.430. The van der Waals surface area contributed by atoms with E-state index >= 15 is 0 Å². The molecule has 4 rings (SSSR count). The number of thioether (sulfide) groups is 1. The van der Waals surface area contributed by atoms with Gasteiger partial charge in [-0.3, -0.25) is 14.5 Å². The number of hydrogen-bond acceptors (Lipinski definition) is 5. The van der Waals surface area contributed by atoms with E-state index in [0.717, 1.165) is 42.4 Å². The number of carbonyl (C=O) groups is 1. The molecule has 2 aliphatic rings. The Labute approximate surface area is 157 Å². The number of hydrogen-bond donors (Lipinski definition) is 2. The van der Waals surface area contributed by atoms with E-state index in [9.17, 15) is 4.79 Å². The van der Waals surface area contributed by atoms with Gasteiger partial charge in [0.15, 0.2) is 5.17 Å². The Morgan fingerprint density at radius 1 is 1.50 bits per heavy atom. The molecule has 2 atom stereocenters. The summed E-state index contributed by atoms with van der Waals surface area (Å²) in [5.41, 5.74) is 4.54. The van der Waals surface area contributed by atoms with Crippen LogP contribution in [-0.2, 0) is 17.8 Å². The van der Waals surface area contributed by atoms with E-state index in [1.807, 2.05) is 6.20 Å². The summed E-state index contributed by atoms with van der Waals surface area (Å²) in [6.45, 7) is 6.82. The lowest BCUT2D eigenvalue weighted by atomic mass is 10.1. The smallest absolute Gasteiger partial charge is 0.222 e. The Hall–Kier alpha value is -2.09. The molecule has 0 saturated carbocycles.